The summed E-state index contributed by atoms with van der Waals surface area (Å²) >= 11 is 0. The highest BCUT2D eigenvalue weighted by Crippen LogP contribution is 2.24. The van der Waals surface area contributed by atoms with Crippen LogP contribution in [-0.2, 0) is 11.2 Å². The zero-order chi connectivity index (χ0) is 9.26. The molecule has 1 N–H and O–H groups in total. The van der Waals surface area contributed by atoms with E-state index in [0.717, 1.165) is 23.2 Å². The van der Waals surface area contributed by atoms with E-state index in [0.29, 0.717) is 12.8 Å². The lowest BCUT2D eigenvalue weighted by atomic mass is 10.1. The summed E-state index contributed by atoms with van der Waals surface area (Å²) in [5.74, 6) is 0.202. The van der Waals surface area contributed by atoms with Crippen LogP contribution >= 0.6 is 0 Å². The van der Waals surface area contributed by atoms with Gasteiger partial charge < -0.3 is 5.32 Å². The Morgan fingerprint density at radius 1 is 1.31 bits per heavy atom. The van der Waals surface area contributed by atoms with Crippen molar-refractivity contribution in [2.24, 2.45) is 0 Å². The molecule has 0 radical (unpaired) electrons. The summed E-state index contributed by atoms with van der Waals surface area (Å²) in [5.41, 5.74) is 2.59. The highest BCUT2D eigenvalue weighted by Gasteiger charge is 2.18. The van der Waals surface area contributed by atoms with Gasteiger partial charge in [0.1, 0.15) is 0 Å². The molecule has 0 aliphatic heterocycles. The maximum absolute atomic E-state index is 11.2. The third-order valence-electron chi connectivity index (χ3n) is 2.25. The van der Waals surface area contributed by atoms with E-state index >= 15 is 0 Å². The number of hydrogen-bond acceptors (Lipinski definition) is 2. The highest BCUT2D eigenvalue weighted by molar-refractivity contribution is 6.00. The van der Waals surface area contributed by atoms with Crippen LogP contribution in [0, 0.1) is 0 Å². The molecule has 0 bridgehead atoms. The van der Waals surface area contributed by atoms with Crippen LogP contribution < -0.4 is 5.32 Å². The zero-order valence-corrected chi connectivity index (χ0v) is 7.04. The van der Waals surface area contributed by atoms with Gasteiger partial charge in [0.25, 0.3) is 0 Å². The van der Waals surface area contributed by atoms with E-state index in [1.54, 1.807) is 12.1 Å². The molecule has 66 valence electrons. The van der Waals surface area contributed by atoms with E-state index in [9.17, 15) is 9.59 Å². The zero-order valence-electron chi connectivity index (χ0n) is 7.04. The number of aryl methyl sites for hydroxylation is 1. The summed E-state index contributed by atoms with van der Waals surface area (Å²) in [6, 6.07) is 5.38. The molecule has 1 aliphatic carbocycles. The lowest BCUT2D eigenvalue weighted by Crippen LogP contribution is -1.96. The average Bonchev–Trinajstić information content (AvgIpc) is 2.48. The van der Waals surface area contributed by atoms with E-state index in [4.69, 9.17) is 0 Å². The summed E-state index contributed by atoms with van der Waals surface area (Å²) in [5, 5.41) is 2.56. The molecule has 0 saturated heterocycles. The molecule has 1 aliphatic rings. The van der Waals surface area contributed by atoms with Crippen molar-refractivity contribution in [2.45, 2.75) is 12.8 Å². The summed E-state index contributed by atoms with van der Waals surface area (Å²) in [6.45, 7) is 0. The van der Waals surface area contributed by atoms with Gasteiger partial charge in [0.15, 0.2) is 5.78 Å². The molecule has 0 atom stereocenters. The molecular weight excluding hydrogens is 166 g/mol. The Hall–Kier alpha value is -1.64. The Kier molecular flexibility index (Phi) is 1.85. The van der Waals surface area contributed by atoms with Crippen molar-refractivity contribution in [3.63, 3.8) is 0 Å². The van der Waals surface area contributed by atoms with Gasteiger partial charge in [0.2, 0.25) is 6.41 Å². The van der Waals surface area contributed by atoms with Crippen LogP contribution in [0.5, 0.6) is 0 Å². The maximum atomic E-state index is 11.2. The molecule has 0 fully saturated rings. The molecule has 0 saturated carbocycles. The van der Waals surface area contributed by atoms with Crippen LogP contribution in [0.2, 0.25) is 0 Å². The maximum Gasteiger partial charge on any atom is 0.211 e. The number of hydrogen-bond donors (Lipinski definition) is 1. The standard InChI is InChI=1S/C10H9NO2/c12-6-11-8-2-3-9-7(5-8)1-4-10(9)13/h2-3,5-6H,1,4H2,(H,11,12). The minimum atomic E-state index is 0.202. The van der Waals surface area contributed by atoms with E-state index in [1.165, 1.54) is 0 Å². The van der Waals surface area contributed by atoms with Crippen LogP contribution in [0.3, 0.4) is 0 Å². The van der Waals surface area contributed by atoms with Crippen LogP contribution in [-0.4, -0.2) is 12.2 Å². The molecule has 0 spiro atoms. The topological polar surface area (TPSA) is 46.2 Å². The highest BCUT2D eigenvalue weighted by atomic mass is 16.1. The third kappa shape index (κ3) is 1.33. The number of nitrogens with one attached hydrogen (secondary N) is 1. The van der Waals surface area contributed by atoms with Crippen molar-refractivity contribution < 1.29 is 9.59 Å². The first kappa shape index (κ1) is 7.98. The van der Waals surface area contributed by atoms with Crippen LogP contribution in [0.25, 0.3) is 0 Å². The summed E-state index contributed by atoms with van der Waals surface area (Å²) < 4.78 is 0. The van der Waals surface area contributed by atoms with Gasteiger partial charge in [-0.15, -0.1) is 0 Å². The molecule has 2 rings (SSSR count). The average molecular weight is 175 g/mol. The van der Waals surface area contributed by atoms with Gasteiger partial charge in [-0.25, -0.2) is 0 Å². The Balaban J connectivity index is 2.39. The molecule has 3 heteroatoms. The summed E-state index contributed by atoms with van der Waals surface area (Å²) in [4.78, 5) is 21.4. The number of carbonyl (C=O) groups is 2. The fraction of sp³-hybridized carbons (Fsp3) is 0.200. The van der Waals surface area contributed by atoms with Crippen molar-refractivity contribution >= 4 is 17.9 Å². The van der Waals surface area contributed by atoms with Gasteiger partial charge in [0.05, 0.1) is 0 Å². The Bertz CT molecular complexity index is 371. The molecular formula is C10H9NO2. The minimum Gasteiger partial charge on any atom is -0.329 e. The molecule has 3 nitrogen and oxygen atoms in total. The lowest BCUT2D eigenvalue weighted by Gasteiger charge is -2.01. The Morgan fingerprint density at radius 2 is 2.15 bits per heavy atom. The molecule has 1 aromatic rings. The predicted octanol–water partition coefficient (Wildman–Crippen LogP) is 1.38. The number of carbonyl (C=O) groups excluding carboxylic acids is 2. The van der Waals surface area contributed by atoms with E-state index in [-0.39, 0.29) is 5.78 Å². The predicted molar refractivity (Wildman–Crippen MR) is 48.8 cm³/mol. The molecule has 1 aromatic carbocycles. The van der Waals surface area contributed by atoms with Gasteiger partial charge in [-0.1, -0.05) is 0 Å². The fourth-order valence-electron chi connectivity index (χ4n) is 1.61. The van der Waals surface area contributed by atoms with E-state index in [2.05, 4.69) is 5.32 Å². The second-order valence-electron chi connectivity index (χ2n) is 3.06. The first-order valence-corrected chi connectivity index (χ1v) is 4.17. The van der Waals surface area contributed by atoms with Crippen LogP contribution in [0.4, 0.5) is 5.69 Å². The van der Waals surface area contributed by atoms with Crippen molar-refractivity contribution in [1.82, 2.24) is 0 Å². The van der Waals surface area contributed by atoms with Gasteiger partial charge >= 0.3 is 0 Å². The molecule has 0 aromatic heterocycles. The molecule has 1 amide bonds. The first-order chi connectivity index (χ1) is 6.31. The fourth-order valence-corrected chi connectivity index (χ4v) is 1.61. The molecule has 0 heterocycles. The van der Waals surface area contributed by atoms with Gasteiger partial charge in [-0.3, -0.25) is 9.59 Å². The van der Waals surface area contributed by atoms with Crippen molar-refractivity contribution in [3.05, 3.63) is 29.3 Å². The van der Waals surface area contributed by atoms with Gasteiger partial charge in [0, 0.05) is 17.7 Å². The van der Waals surface area contributed by atoms with Crippen LogP contribution in [0.15, 0.2) is 18.2 Å². The SMILES string of the molecule is O=CNc1ccc2c(c1)CCC2=O. The second kappa shape index (κ2) is 3.01. The third-order valence-corrected chi connectivity index (χ3v) is 2.25. The second-order valence-corrected chi connectivity index (χ2v) is 3.06. The first-order valence-electron chi connectivity index (χ1n) is 4.17. The number of fused-ring (bicyclic) bond motifs is 1. The largest absolute Gasteiger partial charge is 0.329 e. The molecule has 0 unspecified atom stereocenters. The minimum absolute atomic E-state index is 0.202. The molecule has 13 heavy (non-hydrogen) atoms. The number of Topliss-reactive ketones (excluding diaryl/α,β-unsaturated/α-hetero) is 1. The number of rotatable bonds is 2. The van der Waals surface area contributed by atoms with Gasteiger partial charge in [-0.2, -0.15) is 0 Å². The smallest absolute Gasteiger partial charge is 0.211 e. The summed E-state index contributed by atoms with van der Waals surface area (Å²) in [7, 11) is 0. The number of amides is 1. The van der Waals surface area contributed by atoms with E-state index < -0.39 is 0 Å². The van der Waals surface area contributed by atoms with Crippen molar-refractivity contribution in [1.29, 1.82) is 0 Å². The van der Waals surface area contributed by atoms with Crippen molar-refractivity contribution in [3.8, 4) is 0 Å². The van der Waals surface area contributed by atoms with Gasteiger partial charge in [-0.05, 0) is 30.2 Å². The number of ketones is 1. The monoisotopic (exact) mass is 175 g/mol. The number of benzene rings is 1. The number of anilines is 1. The summed E-state index contributed by atoms with van der Waals surface area (Å²) in [6.07, 6.45) is 2.03. The Morgan fingerprint density at radius 3 is 2.92 bits per heavy atom. The Labute approximate surface area is 75.8 Å². The quantitative estimate of drug-likeness (QED) is 0.690. The van der Waals surface area contributed by atoms with Crippen LogP contribution in [0.1, 0.15) is 22.3 Å². The van der Waals surface area contributed by atoms with E-state index in [1.807, 2.05) is 6.07 Å². The lowest BCUT2D eigenvalue weighted by molar-refractivity contribution is -0.105. The normalized spacial score (nSPS) is 14.0. The van der Waals surface area contributed by atoms with Crippen molar-refractivity contribution in [2.75, 3.05) is 5.32 Å².